The molecule has 0 saturated carbocycles. The molecule has 10 rings (SSSR count). The Morgan fingerprint density at radius 1 is 0.447 bits per heavy atom. The van der Waals surface area contributed by atoms with E-state index in [0.717, 1.165) is 88.1 Å². The van der Waals surface area contributed by atoms with Crippen LogP contribution in [-0.4, -0.2) is 9.13 Å². The Bertz CT molecular complexity index is 2930. The van der Waals surface area contributed by atoms with Gasteiger partial charge in [0.1, 0.15) is 11.2 Å². The third-order valence-corrected chi connectivity index (χ3v) is 9.56. The van der Waals surface area contributed by atoms with E-state index in [0.29, 0.717) is 5.56 Å². The van der Waals surface area contributed by atoms with Crippen molar-refractivity contribution in [1.82, 2.24) is 9.13 Å². The molecule has 7 aromatic carbocycles. The summed E-state index contributed by atoms with van der Waals surface area (Å²) in [5.74, 6) is 0. The molecule has 0 aliphatic rings. The maximum Gasteiger partial charge on any atom is 0.145 e. The number of rotatable bonds is 3. The van der Waals surface area contributed by atoms with Crippen LogP contribution < -0.4 is 0 Å². The summed E-state index contributed by atoms with van der Waals surface area (Å²) in [4.78, 5) is 0. The molecule has 0 spiro atoms. The molecule has 0 amide bonds. The molecule has 0 radical (unpaired) electrons. The number of fused-ring (bicyclic) bond motifs is 10. The molecule has 4 nitrogen and oxygen atoms in total. The number of hydrogen-bond donors (Lipinski definition) is 0. The third-order valence-electron chi connectivity index (χ3n) is 9.56. The van der Waals surface area contributed by atoms with Gasteiger partial charge in [-0.1, -0.05) is 91.0 Å². The van der Waals surface area contributed by atoms with Crippen molar-refractivity contribution in [3.63, 3.8) is 0 Å². The van der Waals surface area contributed by atoms with Gasteiger partial charge in [0.15, 0.2) is 0 Å². The summed E-state index contributed by atoms with van der Waals surface area (Å²) in [6.07, 6.45) is 0. The van der Waals surface area contributed by atoms with Crippen LogP contribution in [0, 0.1) is 11.3 Å². The minimum atomic E-state index is 0.656. The van der Waals surface area contributed by atoms with Crippen LogP contribution in [-0.2, 0) is 0 Å². The zero-order valence-corrected chi connectivity index (χ0v) is 25.2. The van der Waals surface area contributed by atoms with E-state index in [2.05, 4.69) is 143 Å². The van der Waals surface area contributed by atoms with E-state index in [1.165, 1.54) is 0 Å². The number of aromatic nitrogens is 2. The van der Waals surface area contributed by atoms with Crippen molar-refractivity contribution >= 4 is 65.6 Å². The van der Waals surface area contributed by atoms with Gasteiger partial charge in [-0.05, 0) is 60.7 Å². The first-order valence-corrected chi connectivity index (χ1v) is 15.8. The first-order valence-electron chi connectivity index (χ1n) is 15.8. The van der Waals surface area contributed by atoms with Crippen molar-refractivity contribution in [2.75, 3.05) is 0 Å². The summed E-state index contributed by atoms with van der Waals surface area (Å²) < 4.78 is 11.3. The zero-order valence-electron chi connectivity index (χ0n) is 25.2. The van der Waals surface area contributed by atoms with Gasteiger partial charge >= 0.3 is 0 Å². The van der Waals surface area contributed by atoms with Gasteiger partial charge in [-0.3, -0.25) is 0 Å². The van der Waals surface area contributed by atoms with E-state index in [1.54, 1.807) is 0 Å². The highest BCUT2D eigenvalue weighted by Crippen LogP contribution is 2.43. The standard InChI is InChI=1S/C43H25N3O/c44-26-27-21-23-39-34(25-27)30-13-3-8-18-37(30)45(39)35-16-6-1-11-28(35)29-12-2-7-17-36(29)46-38-19-9-4-15-33(38)42-40(46)24-22-32-31-14-5-10-20-41(31)47-43(32)42/h1-25H. The van der Waals surface area contributed by atoms with Crippen LogP contribution in [0.25, 0.3) is 88.1 Å². The molecule has 4 heteroatoms. The summed E-state index contributed by atoms with van der Waals surface area (Å²) in [6, 6.07) is 55.4. The summed E-state index contributed by atoms with van der Waals surface area (Å²) in [7, 11) is 0. The monoisotopic (exact) mass is 599 g/mol. The Kier molecular flexibility index (Phi) is 5.32. The molecule has 0 bridgehead atoms. The van der Waals surface area contributed by atoms with Crippen molar-refractivity contribution in [3.05, 3.63) is 157 Å². The van der Waals surface area contributed by atoms with Gasteiger partial charge in [0.25, 0.3) is 0 Å². The molecule has 0 aliphatic heterocycles. The predicted molar refractivity (Wildman–Crippen MR) is 193 cm³/mol. The van der Waals surface area contributed by atoms with Gasteiger partial charge < -0.3 is 13.6 Å². The van der Waals surface area contributed by atoms with Crippen LogP contribution in [0.3, 0.4) is 0 Å². The number of benzene rings is 7. The second kappa shape index (κ2) is 9.71. The predicted octanol–water partition coefficient (Wildman–Crippen LogP) is 11.3. The second-order valence-corrected chi connectivity index (χ2v) is 12.0. The Labute approximate surface area is 269 Å². The van der Waals surface area contributed by atoms with E-state index in [9.17, 15) is 5.26 Å². The molecule has 218 valence electrons. The number of nitrogens with zero attached hydrogens (tertiary/aromatic N) is 3. The van der Waals surface area contributed by atoms with E-state index < -0.39 is 0 Å². The fraction of sp³-hybridized carbons (Fsp3) is 0. The second-order valence-electron chi connectivity index (χ2n) is 12.0. The fourth-order valence-electron chi connectivity index (χ4n) is 7.59. The van der Waals surface area contributed by atoms with Crippen LogP contribution in [0.4, 0.5) is 0 Å². The number of para-hydroxylation sites is 5. The maximum atomic E-state index is 9.69. The number of nitriles is 1. The van der Waals surface area contributed by atoms with E-state index in [1.807, 2.05) is 24.3 Å². The lowest BCUT2D eigenvalue weighted by atomic mass is 10.0. The molecular formula is C43H25N3O. The highest BCUT2D eigenvalue weighted by atomic mass is 16.3. The van der Waals surface area contributed by atoms with Crippen LogP contribution in [0.1, 0.15) is 5.56 Å². The molecule has 47 heavy (non-hydrogen) atoms. The molecule has 10 aromatic rings. The van der Waals surface area contributed by atoms with Gasteiger partial charge in [-0.25, -0.2) is 0 Å². The van der Waals surface area contributed by atoms with Crippen LogP contribution >= 0.6 is 0 Å². The fourth-order valence-corrected chi connectivity index (χ4v) is 7.59. The molecule has 0 N–H and O–H groups in total. The Balaban J connectivity index is 1.29. The molecule has 0 atom stereocenters. The number of furan rings is 1. The molecular weight excluding hydrogens is 574 g/mol. The highest BCUT2D eigenvalue weighted by Gasteiger charge is 2.22. The average Bonchev–Trinajstić information content (AvgIpc) is 3.79. The SMILES string of the molecule is N#Cc1ccc2c(c1)c1ccccc1n2-c1ccccc1-c1ccccc1-n1c2ccccc2c2c3oc4ccccc4c3ccc21. The van der Waals surface area contributed by atoms with E-state index in [-0.39, 0.29) is 0 Å². The zero-order chi connectivity index (χ0) is 31.1. The molecule has 3 aromatic heterocycles. The summed E-state index contributed by atoms with van der Waals surface area (Å²) in [5, 5.41) is 16.4. The van der Waals surface area contributed by atoms with Crippen LogP contribution in [0.2, 0.25) is 0 Å². The topological polar surface area (TPSA) is 46.8 Å². The van der Waals surface area contributed by atoms with Gasteiger partial charge in [0.05, 0.1) is 50.5 Å². The largest absolute Gasteiger partial charge is 0.455 e. The Hall–Kier alpha value is -6.57. The van der Waals surface area contributed by atoms with E-state index in [4.69, 9.17) is 4.42 Å². The van der Waals surface area contributed by atoms with Gasteiger partial charge in [0, 0.05) is 38.1 Å². The van der Waals surface area contributed by atoms with Crippen molar-refractivity contribution in [3.8, 4) is 28.6 Å². The van der Waals surface area contributed by atoms with Crippen LogP contribution in [0.5, 0.6) is 0 Å². The Morgan fingerprint density at radius 3 is 1.74 bits per heavy atom. The normalized spacial score (nSPS) is 11.8. The van der Waals surface area contributed by atoms with Crippen molar-refractivity contribution in [1.29, 1.82) is 5.26 Å². The quantitative estimate of drug-likeness (QED) is 0.203. The third kappa shape index (κ3) is 3.57. The molecule has 0 saturated heterocycles. The summed E-state index contributed by atoms with van der Waals surface area (Å²) >= 11 is 0. The molecule has 0 aliphatic carbocycles. The lowest BCUT2D eigenvalue weighted by Gasteiger charge is -2.18. The lowest BCUT2D eigenvalue weighted by molar-refractivity contribution is 0.673. The molecule has 0 fully saturated rings. The lowest BCUT2D eigenvalue weighted by Crippen LogP contribution is -2.01. The summed E-state index contributed by atoms with van der Waals surface area (Å²) in [5.41, 5.74) is 11.3. The van der Waals surface area contributed by atoms with Crippen LogP contribution in [0.15, 0.2) is 156 Å². The van der Waals surface area contributed by atoms with Gasteiger partial charge in [-0.2, -0.15) is 5.26 Å². The smallest absolute Gasteiger partial charge is 0.145 e. The minimum Gasteiger partial charge on any atom is -0.455 e. The van der Waals surface area contributed by atoms with Crippen molar-refractivity contribution in [2.45, 2.75) is 0 Å². The highest BCUT2D eigenvalue weighted by molar-refractivity contribution is 6.24. The minimum absolute atomic E-state index is 0.656. The number of hydrogen-bond acceptors (Lipinski definition) is 2. The van der Waals surface area contributed by atoms with E-state index >= 15 is 0 Å². The van der Waals surface area contributed by atoms with Crippen molar-refractivity contribution < 1.29 is 4.42 Å². The Morgan fingerprint density at radius 2 is 1.00 bits per heavy atom. The van der Waals surface area contributed by atoms with Gasteiger partial charge in [0.2, 0.25) is 0 Å². The van der Waals surface area contributed by atoms with Gasteiger partial charge in [-0.15, -0.1) is 0 Å². The first-order chi connectivity index (χ1) is 23.3. The molecule has 0 unspecified atom stereocenters. The average molecular weight is 600 g/mol. The maximum absolute atomic E-state index is 9.69. The summed E-state index contributed by atoms with van der Waals surface area (Å²) in [6.45, 7) is 0. The first kappa shape index (κ1) is 25.7. The molecule has 3 heterocycles. The van der Waals surface area contributed by atoms with Crippen molar-refractivity contribution in [2.24, 2.45) is 0 Å².